The zero-order valence-electron chi connectivity index (χ0n) is 9.99. The zero-order chi connectivity index (χ0) is 11.8. The highest BCUT2D eigenvalue weighted by Gasteiger charge is 2.07. The smallest absolute Gasteiger partial charge is 0.0326 e. The van der Waals surface area contributed by atoms with E-state index in [1.807, 2.05) is 18.8 Å². The van der Waals surface area contributed by atoms with E-state index >= 15 is 0 Å². The van der Waals surface area contributed by atoms with Crippen molar-refractivity contribution in [1.29, 1.82) is 0 Å². The van der Waals surface area contributed by atoms with Crippen LogP contribution in [0.2, 0.25) is 0 Å². The zero-order valence-corrected chi connectivity index (χ0v) is 10.8. The Hall–Kier alpha value is -0.910. The van der Waals surface area contributed by atoms with Gasteiger partial charge in [-0.1, -0.05) is 19.1 Å². The standard InChI is InChI=1S/C14H19NS/c1-4-6-7-14(15-3)12-8-10-13(11-9-12)16-5-2/h1,8-11,14-15H,5-7H2,2-3H3. The highest BCUT2D eigenvalue weighted by atomic mass is 32.2. The maximum atomic E-state index is 5.29. The minimum Gasteiger partial charge on any atom is -0.313 e. The van der Waals surface area contributed by atoms with Crippen molar-refractivity contribution in [3.05, 3.63) is 29.8 Å². The summed E-state index contributed by atoms with van der Waals surface area (Å²) in [4.78, 5) is 1.33. The van der Waals surface area contributed by atoms with Gasteiger partial charge in [-0.25, -0.2) is 0 Å². The minimum atomic E-state index is 0.372. The van der Waals surface area contributed by atoms with Crippen LogP contribution in [0.3, 0.4) is 0 Å². The molecule has 0 heterocycles. The van der Waals surface area contributed by atoms with Gasteiger partial charge in [-0.05, 0) is 36.9 Å². The first-order valence-corrected chi connectivity index (χ1v) is 6.63. The fourth-order valence-electron chi connectivity index (χ4n) is 1.67. The second kappa shape index (κ2) is 7.38. The van der Waals surface area contributed by atoms with Crippen LogP contribution in [0, 0.1) is 12.3 Å². The summed E-state index contributed by atoms with van der Waals surface area (Å²) in [7, 11) is 1.98. The van der Waals surface area contributed by atoms with Crippen LogP contribution >= 0.6 is 11.8 Å². The molecule has 0 fully saturated rings. The van der Waals surface area contributed by atoms with Gasteiger partial charge in [-0.15, -0.1) is 24.1 Å². The molecule has 1 atom stereocenters. The van der Waals surface area contributed by atoms with Gasteiger partial charge in [0.1, 0.15) is 0 Å². The number of rotatable bonds is 6. The van der Waals surface area contributed by atoms with Crippen LogP contribution in [0.15, 0.2) is 29.2 Å². The van der Waals surface area contributed by atoms with Crippen molar-refractivity contribution in [1.82, 2.24) is 5.32 Å². The van der Waals surface area contributed by atoms with E-state index in [2.05, 4.69) is 42.4 Å². The average Bonchev–Trinajstić information content (AvgIpc) is 2.32. The lowest BCUT2D eigenvalue weighted by Gasteiger charge is -2.15. The third-order valence-electron chi connectivity index (χ3n) is 2.52. The first-order chi connectivity index (χ1) is 7.81. The SMILES string of the molecule is C#CCCC(NC)c1ccc(SCC)cc1. The fourth-order valence-corrected chi connectivity index (χ4v) is 2.33. The molecule has 1 aromatic carbocycles. The van der Waals surface area contributed by atoms with E-state index in [0.717, 1.165) is 18.6 Å². The maximum Gasteiger partial charge on any atom is 0.0326 e. The second-order valence-electron chi connectivity index (χ2n) is 3.59. The Morgan fingerprint density at radius 3 is 2.56 bits per heavy atom. The van der Waals surface area contributed by atoms with E-state index in [4.69, 9.17) is 6.42 Å². The molecule has 0 spiro atoms. The number of thioether (sulfide) groups is 1. The molecule has 2 heteroatoms. The summed E-state index contributed by atoms with van der Waals surface area (Å²) < 4.78 is 0. The maximum absolute atomic E-state index is 5.29. The molecule has 1 N–H and O–H groups in total. The van der Waals surface area contributed by atoms with E-state index in [9.17, 15) is 0 Å². The monoisotopic (exact) mass is 233 g/mol. The van der Waals surface area contributed by atoms with Crippen molar-refractivity contribution < 1.29 is 0 Å². The minimum absolute atomic E-state index is 0.372. The molecule has 1 nitrogen and oxygen atoms in total. The number of hydrogen-bond acceptors (Lipinski definition) is 2. The highest BCUT2D eigenvalue weighted by molar-refractivity contribution is 7.99. The van der Waals surface area contributed by atoms with E-state index in [0.29, 0.717) is 6.04 Å². The number of hydrogen-bond donors (Lipinski definition) is 1. The quantitative estimate of drug-likeness (QED) is 0.596. The molecule has 16 heavy (non-hydrogen) atoms. The van der Waals surface area contributed by atoms with Crippen LogP contribution in [-0.4, -0.2) is 12.8 Å². The van der Waals surface area contributed by atoms with Crippen LogP contribution in [-0.2, 0) is 0 Å². The molecule has 0 aliphatic carbocycles. The molecule has 0 radical (unpaired) electrons. The number of nitrogens with one attached hydrogen (secondary N) is 1. The van der Waals surface area contributed by atoms with E-state index in [1.54, 1.807) is 0 Å². The van der Waals surface area contributed by atoms with Crippen molar-refractivity contribution in [2.75, 3.05) is 12.8 Å². The Balaban J connectivity index is 2.67. The van der Waals surface area contributed by atoms with Crippen molar-refractivity contribution in [3.63, 3.8) is 0 Å². The van der Waals surface area contributed by atoms with E-state index < -0.39 is 0 Å². The van der Waals surface area contributed by atoms with Crippen LogP contribution in [0.25, 0.3) is 0 Å². The Labute approximate surface area is 103 Å². The predicted octanol–water partition coefficient (Wildman–Crippen LogP) is 3.47. The molecule has 86 valence electrons. The molecular weight excluding hydrogens is 214 g/mol. The van der Waals surface area contributed by atoms with Crippen LogP contribution < -0.4 is 5.32 Å². The van der Waals surface area contributed by atoms with E-state index in [-0.39, 0.29) is 0 Å². The van der Waals surface area contributed by atoms with Gasteiger partial charge in [-0.3, -0.25) is 0 Å². The fraction of sp³-hybridized carbons (Fsp3) is 0.429. The molecule has 0 aliphatic heterocycles. The Morgan fingerprint density at radius 1 is 1.38 bits per heavy atom. The molecule has 0 bridgehead atoms. The number of terminal acetylenes is 1. The molecule has 1 aromatic rings. The van der Waals surface area contributed by atoms with Gasteiger partial charge in [0.25, 0.3) is 0 Å². The van der Waals surface area contributed by atoms with Crippen LogP contribution in [0.5, 0.6) is 0 Å². The highest BCUT2D eigenvalue weighted by Crippen LogP contribution is 2.22. The third-order valence-corrected chi connectivity index (χ3v) is 3.41. The summed E-state index contributed by atoms with van der Waals surface area (Å²) in [5, 5.41) is 3.30. The van der Waals surface area contributed by atoms with Crippen molar-refractivity contribution in [3.8, 4) is 12.3 Å². The molecule has 0 saturated carbocycles. The summed E-state index contributed by atoms with van der Waals surface area (Å²) in [6.07, 6.45) is 7.10. The van der Waals surface area contributed by atoms with Gasteiger partial charge in [0, 0.05) is 17.4 Å². The Kier molecular flexibility index (Phi) is 6.07. The van der Waals surface area contributed by atoms with Crippen molar-refractivity contribution in [2.24, 2.45) is 0 Å². The predicted molar refractivity (Wildman–Crippen MR) is 72.7 cm³/mol. The lowest BCUT2D eigenvalue weighted by molar-refractivity contribution is 0.558. The largest absolute Gasteiger partial charge is 0.313 e. The lowest BCUT2D eigenvalue weighted by Crippen LogP contribution is -2.15. The lowest BCUT2D eigenvalue weighted by atomic mass is 10.0. The topological polar surface area (TPSA) is 12.0 Å². The van der Waals surface area contributed by atoms with Crippen molar-refractivity contribution >= 4 is 11.8 Å². The average molecular weight is 233 g/mol. The molecule has 0 aliphatic rings. The molecule has 0 aromatic heterocycles. The number of benzene rings is 1. The Morgan fingerprint density at radius 2 is 2.06 bits per heavy atom. The van der Waals surface area contributed by atoms with Gasteiger partial charge in [-0.2, -0.15) is 0 Å². The van der Waals surface area contributed by atoms with Gasteiger partial charge >= 0.3 is 0 Å². The molecule has 1 rings (SSSR count). The summed E-state index contributed by atoms with van der Waals surface area (Å²) in [5.74, 6) is 3.81. The molecule has 1 unspecified atom stereocenters. The first-order valence-electron chi connectivity index (χ1n) is 5.65. The third kappa shape index (κ3) is 3.92. The summed E-state index contributed by atoms with van der Waals surface area (Å²) >= 11 is 1.87. The molecule has 0 amide bonds. The summed E-state index contributed by atoms with van der Waals surface area (Å²) in [5.41, 5.74) is 1.32. The van der Waals surface area contributed by atoms with Crippen LogP contribution in [0.4, 0.5) is 0 Å². The van der Waals surface area contributed by atoms with Gasteiger partial charge in [0.15, 0.2) is 0 Å². The Bertz CT molecular complexity index is 337. The molecular formula is C14H19NS. The van der Waals surface area contributed by atoms with E-state index in [1.165, 1.54) is 10.5 Å². The van der Waals surface area contributed by atoms with Gasteiger partial charge in [0.2, 0.25) is 0 Å². The summed E-state index contributed by atoms with van der Waals surface area (Å²) in [6, 6.07) is 9.12. The van der Waals surface area contributed by atoms with Crippen LogP contribution in [0.1, 0.15) is 31.4 Å². The second-order valence-corrected chi connectivity index (χ2v) is 4.92. The normalized spacial score (nSPS) is 12.1. The van der Waals surface area contributed by atoms with Crippen molar-refractivity contribution in [2.45, 2.75) is 30.7 Å². The first kappa shape index (κ1) is 13.2. The van der Waals surface area contributed by atoms with Gasteiger partial charge in [0.05, 0.1) is 0 Å². The summed E-state index contributed by atoms with van der Waals surface area (Å²) in [6.45, 7) is 2.17. The molecule has 0 saturated heterocycles. The van der Waals surface area contributed by atoms with Gasteiger partial charge < -0.3 is 5.32 Å².